The number of rotatable bonds is 11. The number of carbonyl (C=O) groups is 1. The van der Waals surface area contributed by atoms with Crippen LogP contribution < -0.4 is 18.9 Å². The summed E-state index contributed by atoms with van der Waals surface area (Å²) in [5.41, 5.74) is 3.83. The molecule has 0 fully saturated rings. The molecule has 0 saturated carbocycles. The van der Waals surface area contributed by atoms with Crippen molar-refractivity contribution in [2.24, 2.45) is 4.99 Å². The number of methoxy groups -OCH3 is 4. The number of Topliss-reactive ketones (excluding diaryl/α,β-unsaturated/α-hetero) is 1. The predicted octanol–water partition coefficient (Wildman–Crippen LogP) is 9.11. The van der Waals surface area contributed by atoms with Crippen molar-refractivity contribution in [1.82, 2.24) is 0 Å². The highest BCUT2D eigenvalue weighted by molar-refractivity contribution is 6.30. The molecule has 5 aromatic carbocycles. The molecule has 0 aromatic heterocycles. The molecule has 2 aliphatic rings. The molecule has 0 radical (unpaired) electrons. The fourth-order valence-corrected chi connectivity index (χ4v) is 7.77. The number of ether oxygens (including phenoxy) is 5. The Morgan fingerprint density at radius 3 is 1.59 bits per heavy atom. The molecule has 8 heteroatoms. The van der Waals surface area contributed by atoms with Gasteiger partial charge in [0.05, 0.1) is 45.8 Å². The van der Waals surface area contributed by atoms with E-state index < -0.39 is 17.2 Å². The van der Waals surface area contributed by atoms with Gasteiger partial charge in [-0.25, -0.2) is 0 Å². The minimum absolute atomic E-state index is 0.121. The Morgan fingerprint density at radius 2 is 1.15 bits per heavy atom. The molecule has 1 heterocycles. The van der Waals surface area contributed by atoms with Gasteiger partial charge in [0, 0.05) is 17.5 Å². The Labute approximate surface area is 316 Å². The Hall–Kier alpha value is -6.12. The molecule has 0 saturated heterocycles. The summed E-state index contributed by atoms with van der Waals surface area (Å²) >= 11 is 0. The Bertz CT molecular complexity index is 2160. The number of aliphatic hydroxyl groups is 1. The minimum Gasteiger partial charge on any atom is -0.506 e. The van der Waals surface area contributed by atoms with Crippen LogP contribution in [-0.4, -0.2) is 51.1 Å². The first-order valence-corrected chi connectivity index (χ1v) is 17.8. The second-order valence-electron chi connectivity index (χ2n) is 13.4. The largest absolute Gasteiger partial charge is 0.506 e. The maximum absolute atomic E-state index is 13.8. The van der Waals surface area contributed by atoms with Gasteiger partial charge in [0.2, 0.25) is 0 Å². The number of aliphatic imine (C=N–C) groups is 1. The van der Waals surface area contributed by atoms with Crippen molar-refractivity contribution in [2.75, 3.05) is 28.4 Å². The third-order valence-corrected chi connectivity index (χ3v) is 10.5. The molecule has 1 aliphatic carbocycles. The number of hydrogen-bond acceptors (Lipinski definition) is 8. The first-order chi connectivity index (χ1) is 26.2. The second kappa shape index (κ2) is 14.7. The fourth-order valence-electron chi connectivity index (χ4n) is 7.77. The summed E-state index contributed by atoms with van der Waals surface area (Å²) in [5, 5.41) is 11.9. The van der Waals surface area contributed by atoms with Gasteiger partial charge >= 0.3 is 0 Å². The van der Waals surface area contributed by atoms with Gasteiger partial charge in [0.25, 0.3) is 0 Å². The van der Waals surface area contributed by atoms with Gasteiger partial charge < -0.3 is 28.8 Å². The molecule has 2 unspecified atom stereocenters. The van der Waals surface area contributed by atoms with Gasteiger partial charge in [-0.3, -0.25) is 9.79 Å². The van der Waals surface area contributed by atoms with Crippen LogP contribution in [0.2, 0.25) is 0 Å². The molecule has 1 N–H and O–H groups in total. The summed E-state index contributed by atoms with van der Waals surface area (Å²) < 4.78 is 29.5. The van der Waals surface area contributed by atoms with Crippen molar-refractivity contribution >= 4 is 22.8 Å². The highest BCUT2D eigenvalue weighted by Gasteiger charge is 2.57. The first-order valence-electron chi connectivity index (χ1n) is 17.8. The van der Waals surface area contributed by atoms with E-state index in [1.165, 1.54) is 6.92 Å². The predicted molar refractivity (Wildman–Crippen MR) is 211 cm³/mol. The zero-order valence-electron chi connectivity index (χ0n) is 31.3. The standard InChI is InChI=1S/C46H43NO7/c1-29(48)42-43(49)40-9-7-8-10-41(40)45(28-27-39(31-11-19-35(50-3)20-12-31)32-13-21-36(51-4)22-14-32)44(42)47-46(30(2)54-45,33-15-23-37(52-5)24-16-33)34-17-25-38(53-6)26-18-34/h7-27,30,49H,28H2,1-6H3. The van der Waals surface area contributed by atoms with E-state index in [0.717, 1.165) is 44.9 Å². The van der Waals surface area contributed by atoms with E-state index in [9.17, 15) is 9.90 Å². The van der Waals surface area contributed by atoms with Crippen LogP contribution in [0.1, 0.15) is 53.6 Å². The molecular formula is C46H43NO7. The van der Waals surface area contributed by atoms with Crippen LogP contribution in [0.15, 0.2) is 138 Å². The number of hydrogen-bond donors (Lipinski definition) is 1. The summed E-state index contributed by atoms with van der Waals surface area (Å²) in [7, 11) is 6.54. The minimum atomic E-state index is -1.27. The SMILES string of the molecule is COc1ccc(C(=CCC23OC(C)C(c4ccc(OC)cc4)(c4ccc(OC)cc4)N=C2C(C(C)=O)=C(O)c2ccccc23)c2ccc(OC)cc2)cc1. The lowest BCUT2D eigenvalue weighted by molar-refractivity contribution is -0.114. The highest BCUT2D eigenvalue weighted by Crippen LogP contribution is 2.54. The van der Waals surface area contributed by atoms with Gasteiger partial charge in [-0.05, 0) is 90.2 Å². The van der Waals surface area contributed by atoms with Gasteiger partial charge in [-0.15, -0.1) is 0 Å². The summed E-state index contributed by atoms with van der Waals surface area (Å²) in [6.45, 7) is 3.48. The third-order valence-electron chi connectivity index (χ3n) is 10.5. The maximum atomic E-state index is 13.8. The van der Waals surface area contributed by atoms with E-state index in [0.29, 0.717) is 22.8 Å². The number of nitrogens with zero attached hydrogens (tertiary/aromatic N) is 1. The van der Waals surface area contributed by atoms with E-state index in [-0.39, 0.29) is 23.5 Å². The normalized spacial score (nSPS) is 18.4. The second-order valence-corrected chi connectivity index (χ2v) is 13.4. The molecule has 0 spiro atoms. The number of carbonyl (C=O) groups excluding carboxylic acids is 1. The van der Waals surface area contributed by atoms with Gasteiger partial charge in [-0.2, -0.15) is 0 Å². The van der Waals surface area contributed by atoms with Crippen LogP contribution in [0.4, 0.5) is 0 Å². The topological polar surface area (TPSA) is 95.8 Å². The lowest BCUT2D eigenvalue weighted by Crippen LogP contribution is -2.56. The monoisotopic (exact) mass is 721 g/mol. The zero-order valence-corrected chi connectivity index (χ0v) is 31.3. The number of fused-ring (bicyclic) bond motifs is 3. The van der Waals surface area contributed by atoms with Crippen LogP contribution in [0, 0.1) is 0 Å². The van der Waals surface area contributed by atoms with Crippen LogP contribution in [0.5, 0.6) is 23.0 Å². The van der Waals surface area contributed by atoms with Crippen molar-refractivity contribution in [3.8, 4) is 23.0 Å². The average molecular weight is 722 g/mol. The molecular weight excluding hydrogens is 679 g/mol. The zero-order chi connectivity index (χ0) is 38.0. The summed E-state index contributed by atoms with van der Waals surface area (Å²) in [6, 6.07) is 38.8. The molecule has 8 nitrogen and oxygen atoms in total. The molecule has 274 valence electrons. The molecule has 0 amide bonds. The average Bonchev–Trinajstić information content (AvgIpc) is 3.21. The summed E-state index contributed by atoms with van der Waals surface area (Å²) in [5.74, 6) is 2.42. The van der Waals surface area contributed by atoms with Crippen LogP contribution in [0.3, 0.4) is 0 Å². The first kappa shape index (κ1) is 36.2. The molecule has 7 rings (SSSR count). The lowest BCUT2D eigenvalue weighted by Gasteiger charge is -2.51. The number of benzene rings is 5. The number of aliphatic hydroxyl groups excluding tert-OH is 1. The number of ketones is 1. The molecule has 2 atom stereocenters. The molecule has 5 aromatic rings. The van der Waals surface area contributed by atoms with Crippen molar-refractivity contribution in [2.45, 2.75) is 37.5 Å². The molecule has 0 bridgehead atoms. The van der Waals surface area contributed by atoms with Crippen molar-refractivity contribution in [1.29, 1.82) is 0 Å². The smallest absolute Gasteiger partial charge is 0.165 e. The van der Waals surface area contributed by atoms with E-state index in [2.05, 4.69) is 6.08 Å². The van der Waals surface area contributed by atoms with E-state index >= 15 is 0 Å². The maximum Gasteiger partial charge on any atom is 0.165 e. The summed E-state index contributed by atoms with van der Waals surface area (Å²) in [4.78, 5) is 19.5. The summed E-state index contributed by atoms with van der Waals surface area (Å²) in [6.07, 6.45) is 1.84. The Kier molecular flexibility index (Phi) is 9.88. The van der Waals surface area contributed by atoms with Crippen LogP contribution in [-0.2, 0) is 20.7 Å². The molecule has 1 aliphatic heterocycles. The Morgan fingerprint density at radius 1 is 0.704 bits per heavy atom. The van der Waals surface area contributed by atoms with Gasteiger partial charge in [0.15, 0.2) is 5.78 Å². The van der Waals surface area contributed by atoms with Gasteiger partial charge in [-0.1, -0.05) is 78.9 Å². The van der Waals surface area contributed by atoms with E-state index in [4.69, 9.17) is 28.7 Å². The molecule has 54 heavy (non-hydrogen) atoms. The van der Waals surface area contributed by atoms with Gasteiger partial charge in [0.1, 0.15) is 39.9 Å². The van der Waals surface area contributed by atoms with E-state index in [1.807, 2.05) is 128 Å². The third kappa shape index (κ3) is 6.12. The van der Waals surface area contributed by atoms with Crippen LogP contribution >= 0.6 is 0 Å². The lowest BCUT2D eigenvalue weighted by atomic mass is 9.69. The highest BCUT2D eigenvalue weighted by atomic mass is 16.5. The van der Waals surface area contributed by atoms with Crippen molar-refractivity contribution in [3.63, 3.8) is 0 Å². The fraction of sp³-hybridized carbons (Fsp3) is 0.217. The Balaban J connectivity index is 1.52. The van der Waals surface area contributed by atoms with Crippen molar-refractivity contribution in [3.05, 3.63) is 166 Å². The van der Waals surface area contributed by atoms with E-state index in [1.54, 1.807) is 28.4 Å². The quantitative estimate of drug-likeness (QED) is 0.145. The van der Waals surface area contributed by atoms with Crippen LogP contribution in [0.25, 0.3) is 11.3 Å². The van der Waals surface area contributed by atoms with Crippen molar-refractivity contribution < 1.29 is 33.6 Å².